The van der Waals surface area contributed by atoms with Crippen LogP contribution in [-0.4, -0.2) is 30.3 Å². The van der Waals surface area contributed by atoms with Crippen LogP contribution in [0.1, 0.15) is 29.7 Å². The minimum absolute atomic E-state index is 0.459. The molecule has 0 unspecified atom stereocenters. The van der Waals surface area contributed by atoms with E-state index in [4.69, 9.17) is 4.42 Å². The number of carbonyl (C=O) groups is 1. The number of anilines is 1. The second-order valence-corrected chi connectivity index (χ2v) is 7.99. The number of benzene rings is 2. The molecule has 4 rings (SSSR count). The monoisotopic (exact) mass is 467 g/mol. The molecule has 0 saturated carbocycles. The molecule has 30 heavy (non-hydrogen) atoms. The van der Waals surface area contributed by atoms with Crippen LogP contribution in [0.4, 0.5) is 5.88 Å². The van der Waals surface area contributed by atoms with Crippen LogP contribution in [0.2, 0.25) is 0 Å². The van der Waals surface area contributed by atoms with Gasteiger partial charge in [-0.15, -0.1) is 0 Å². The first-order valence-corrected chi connectivity index (χ1v) is 10.6. The molecule has 2 aromatic carbocycles. The number of amides is 1. The van der Waals surface area contributed by atoms with Crippen LogP contribution in [-0.2, 0) is 10.4 Å². The van der Waals surface area contributed by atoms with E-state index in [0.29, 0.717) is 16.9 Å². The van der Waals surface area contributed by atoms with Gasteiger partial charge in [0.15, 0.2) is 11.4 Å². The van der Waals surface area contributed by atoms with Crippen molar-refractivity contribution in [3.63, 3.8) is 0 Å². The molecular weight excluding hydrogens is 446 g/mol. The normalized spacial score (nSPS) is 14.4. The zero-order valence-electron chi connectivity index (χ0n) is 16.3. The SMILES string of the molecule is O=C(N/N=C\c1cc(Br)c(N2CCCC2)o1)C(O)(c1ccccc1)c1ccccc1. The van der Waals surface area contributed by atoms with Gasteiger partial charge in [0.1, 0.15) is 0 Å². The number of nitrogens with zero attached hydrogens (tertiary/aromatic N) is 2. The molecule has 0 spiro atoms. The summed E-state index contributed by atoms with van der Waals surface area (Å²) in [5.74, 6) is 0.624. The highest BCUT2D eigenvalue weighted by molar-refractivity contribution is 9.10. The fourth-order valence-corrected chi connectivity index (χ4v) is 4.16. The fourth-order valence-electron chi connectivity index (χ4n) is 3.60. The van der Waals surface area contributed by atoms with Gasteiger partial charge in [0.2, 0.25) is 5.88 Å². The Labute approximate surface area is 183 Å². The van der Waals surface area contributed by atoms with E-state index in [2.05, 4.69) is 31.4 Å². The lowest BCUT2D eigenvalue weighted by Gasteiger charge is -2.26. The van der Waals surface area contributed by atoms with Gasteiger partial charge >= 0.3 is 0 Å². The second kappa shape index (κ2) is 8.85. The van der Waals surface area contributed by atoms with Gasteiger partial charge in [-0.25, -0.2) is 5.43 Å². The number of hydrogen-bond donors (Lipinski definition) is 2. The Morgan fingerprint density at radius 2 is 1.63 bits per heavy atom. The Morgan fingerprint density at radius 1 is 1.07 bits per heavy atom. The number of hydrogen-bond acceptors (Lipinski definition) is 5. The quantitative estimate of drug-likeness (QED) is 0.423. The van der Waals surface area contributed by atoms with Crippen LogP contribution < -0.4 is 10.3 Å². The third kappa shape index (κ3) is 4.04. The van der Waals surface area contributed by atoms with Crippen molar-refractivity contribution in [1.29, 1.82) is 0 Å². The van der Waals surface area contributed by atoms with Crippen LogP contribution >= 0.6 is 15.9 Å². The lowest BCUT2D eigenvalue weighted by Crippen LogP contribution is -2.43. The number of carbonyl (C=O) groups excluding carboxylic acids is 1. The number of aliphatic hydroxyl groups is 1. The van der Waals surface area contributed by atoms with E-state index in [-0.39, 0.29) is 0 Å². The van der Waals surface area contributed by atoms with Gasteiger partial charge in [0, 0.05) is 19.2 Å². The van der Waals surface area contributed by atoms with Gasteiger partial charge in [-0.3, -0.25) is 4.79 Å². The van der Waals surface area contributed by atoms with E-state index in [1.54, 1.807) is 48.5 Å². The van der Waals surface area contributed by atoms with Crippen LogP contribution in [0.3, 0.4) is 0 Å². The van der Waals surface area contributed by atoms with E-state index >= 15 is 0 Å². The maximum Gasteiger partial charge on any atom is 0.281 e. The second-order valence-electron chi connectivity index (χ2n) is 7.14. The molecule has 2 heterocycles. The average Bonchev–Trinajstić information content (AvgIpc) is 3.44. The molecular formula is C23H22BrN3O3. The number of furan rings is 1. The number of halogens is 1. The van der Waals surface area contributed by atoms with Crippen molar-refractivity contribution in [2.75, 3.05) is 18.0 Å². The summed E-state index contributed by atoms with van der Waals surface area (Å²) in [6, 6.07) is 19.4. The van der Waals surface area contributed by atoms with E-state index < -0.39 is 11.5 Å². The summed E-state index contributed by atoms with van der Waals surface area (Å²) in [5, 5.41) is 15.4. The molecule has 1 saturated heterocycles. The van der Waals surface area contributed by atoms with Crippen LogP contribution in [0.15, 0.2) is 80.7 Å². The van der Waals surface area contributed by atoms with Crippen LogP contribution in [0, 0.1) is 0 Å². The number of nitrogens with one attached hydrogen (secondary N) is 1. The zero-order valence-corrected chi connectivity index (χ0v) is 17.9. The molecule has 0 atom stereocenters. The molecule has 1 amide bonds. The van der Waals surface area contributed by atoms with Gasteiger partial charge in [-0.05, 0) is 39.9 Å². The van der Waals surface area contributed by atoms with Crippen molar-refractivity contribution in [2.24, 2.45) is 5.10 Å². The molecule has 154 valence electrons. The highest BCUT2D eigenvalue weighted by atomic mass is 79.9. The molecule has 1 aliphatic heterocycles. The molecule has 3 aromatic rings. The average molecular weight is 468 g/mol. The molecule has 2 N–H and O–H groups in total. The Balaban J connectivity index is 1.54. The lowest BCUT2D eigenvalue weighted by atomic mass is 9.85. The van der Waals surface area contributed by atoms with Crippen molar-refractivity contribution in [2.45, 2.75) is 18.4 Å². The largest absolute Gasteiger partial charge is 0.438 e. The summed E-state index contributed by atoms with van der Waals surface area (Å²) in [6.45, 7) is 1.92. The first kappa shape index (κ1) is 20.4. The Hall–Kier alpha value is -2.90. The summed E-state index contributed by atoms with van der Waals surface area (Å²) in [7, 11) is 0. The molecule has 0 aliphatic carbocycles. The van der Waals surface area contributed by atoms with Crippen molar-refractivity contribution in [1.82, 2.24) is 5.43 Å². The lowest BCUT2D eigenvalue weighted by molar-refractivity contribution is -0.136. The van der Waals surface area contributed by atoms with Gasteiger partial charge in [-0.1, -0.05) is 60.7 Å². The summed E-state index contributed by atoms with van der Waals surface area (Å²) in [5.41, 5.74) is 1.51. The summed E-state index contributed by atoms with van der Waals surface area (Å²) in [6.07, 6.45) is 3.72. The first-order chi connectivity index (χ1) is 14.6. The summed E-state index contributed by atoms with van der Waals surface area (Å²) >= 11 is 3.52. The summed E-state index contributed by atoms with van der Waals surface area (Å²) in [4.78, 5) is 15.2. The minimum atomic E-state index is -1.87. The molecule has 7 heteroatoms. The van der Waals surface area contributed by atoms with Crippen LogP contribution in [0.5, 0.6) is 0 Å². The van der Waals surface area contributed by atoms with Gasteiger partial charge in [-0.2, -0.15) is 5.10 Å². The molecule has 1 fully saturated rings. The highest BCUT2D eigenvalue weighted by Gasteiger charge is 2.39. The number of rotatable bonds is 6. The van der Waals surface area contributed by atoms with Crippen molar-refractivity contribution in [3.05, 3.63) is 88.1 Å². The molecule has 1 aromatic heterocycles. The maximum absolute atomic E-state index is 13.0. The fraction of sp³-hybridized carbons (Fsp3) is 0.217. The Kier molecular flexibility index (Phi) is 6.01. The third-order valence-electron chi connectivity index (χ3n) is 5.15. The predicted molar refractivity (Wildman–Crippen MR) is 119 cm³/mol. The van der Waals surface area contributed by atoms with E-state index in [1.807, 2.05) is 18.2 Å². The first-order valence-electron chi connectivity index (χ1n) is 9.80. The van der Waals surface area contributed by atoms with Gasteiger partial charge in [0.25, 0.3) is 5.91 Å². The van der Waals surface area contributed by atoms with Crippen molar-refractivity contribution in [3.8, 4) is 0 Å². The van der Waals surface area contributed by atoms with Gasteiger partial charge < -0.3 is 14.4 Å². The topological polar surface area (TPSA) is 78.1 Å². The van der Waals surface area contributed by atoms with E-state index in [0.717, 1.165) is 36.3 Å². The number of hydrazone groups is 1. The minimum Gasteiger partial charge on any atom is -0.438 e. The summed E-state index contributed by atoms with van der Waals surface area (Å²) < 4.78 is 6.70. The van der Waals surface area contributed by atoms with Crippen molar-refractivity contribution < 1.29 is 14.3 Å². The smallest absolute Gasteiger partial charge is 0.281 e. The third-order valence-corrected chi connectivity index (χ3v) is 5.72. The van der Waals surface area contributed by atoms with E-state index in [9.17, 15) is 9.90 Å². The van der Waals surface area contributed by atoms with Crippen molar-refractivity contribution >= 4 is 33.9 Å². The molecule has 6 nitrogen and oxygen atoms in total. The maximum atomic E-state index is 13.0. The molecule has 0 radical (unpaired) electrons. The highest BCUT2D eigenvalue weighted by Crippen LogP contribution is 2.32. The molecule has 1 aliphatic rings. The van der Waals surface area contributed by atoms with Crippen LogP contribution in [0.25, 0.3) is 0 Å². The Bertz CT molecular complexity index is 989. The van der Waals surface area contributed by atoms with E-state index in [1.165, 1.54) is 6.21 Å². The predicted octanol–water partition coefficient (Wildman–Crippen LogP) is 4.03. The Morgan fingerprint density at radius 3 is 2.20 bits per heavy atom. The standard InChI is InChI=1S/C23H22BrN3O3/c24-20-15-19(30-21(20)27-13-7-8-14-27)16-25-26-22(28)23(29,17-9-3-1-4-10-17)18-11-5-2-6-12-18/h1-6,9-12,15-16,29H,7-8,13-14H2,(H,26,28)/b25-16-. The molecule has 0 bridgehead atoms. The zero-order chi connectivity index (χ0) is 21.0. The van der Waals surface area contributed by atoms with Gasteiger partial charge in [0.05, 0.1) is 10.7 Å².